The Labute approximate surface area is 195 Å². The van der Waals surface area contributed by atoms with Gasteiger partial charge in [0.15, 0.2) is 5.75 Å². The second kappa shape index (κ2) is 9.60. The van der Waals surface area contributed by atoms with Crippen molar-refractivity contribution in [2.75, 3.05) is 20.7 Å². The van der Waals surface area contributed by atoms with Gasteiger partial charge in [0.05, 0.1) is 17.7 Å². The number of hydrogen-bond donors (Lipinski definition) is 3. The SMILES string of the molecule is CN(C)C(=O)Cn1c(=O)c(C(=O)NC(C)(C)CO)c(O)c2ncc(Cc3ccc(F)cc3)cc21. The lowest BCUT2D eigenvalue weighted by molar-refractivity contribution is -0.129. The zero-order chi connectivity index (χ0) is 25.2. The zero-order valence-corrected chi connectivity index (χ0v) is 19.4. The number of aliphatic hydroxyl groups excluding tert-OH is 1. The number of pyridine rings is 2. The van der Waals surface area contributed by atoms with Crippen LogP contribution in [0.25, 0.3) is 11.0 Å². The van der Waals surface area contributed by atoms with Gasteiger partial charge in [0, 0.05) is 20.3 Å². The monoisotopic (exact) mass is 470 g/mol. The highest BCUT2D eigenvalue weighted by Crippen LogP contribution is 2.26. The lowest BCUT2D eigenvalue weighted by Crippen LogP contribution is -2.48. The lowest BCUT2D eigenvalue weighted by atomic mass is 10.0. The van der Waals surface area contributed by atoms with E-state index in [2.05, 4.69) is 10.3 Å². The van der Waals surface area contributed by atoms with Gasteiger partial charge in [0.25, 0.3) is 11.5 Å². The van der Waals surface area contributed by atoms with E-state index in [1.54, 1.807) is 32.0 Å². The van der Waals surface area contributed by atoms with Gasteiger partial charge in [-0.15, -0.1) is 0 Å². The first kappa shape index (κ1) is 24.8. The molecule has 34 heavy (non-hydrogen) atoms. The van der Waals surface area contributed by atoms with Crippen molar-refractivity contribution in [2.24, 2.45) is 0 Å². The van der Waals surface area contributed by atoms with Crippen LogP contribution in [-0.4, -0.2) is 62.7 Å². The van der Waals surface area contributed by atoms with Crippen LogP contribution in [0.1, 0.15) is 35.3 Å². The van der Waals surface area contributed by atoms with Gasteiger partial charge in [0.2, 0.25) is 5.91 Å². The Kier molecular flexibility index (Phi) is 7.01. The van der Waals surface area contributed by atoms with Crippen LogP contribution < -0.4 is 10.9 Å². The molecule has 0 atom stereocenters. The summed E-state index contributed by atoms with van der Waals surface area (Å²) in [7, 11) is 3.07. The average Bonchev–Trinajstić information content (AvgIpc) is 2.77. The number of carbonyl (C=O) groups excluding carboxylic acids is 2. The maximum atomic E-state index is 13.3. The molecule has 0 fully saturated rings. The smallest absolute Gasteiger partial charge is 0.268 e. The molecule has 0 saturated heterocycles. The Balaban J connectivity index is 2.18. The van der Waals surface area contributed by atoms with Gasteiger partial charge in [-0.3, -0.25) is 23.9 Å². The van der Waals surface area contributed by atoms with Gasteiger partial charge in [-0.1, -0.05) is 12.1 Å². The van der Waals surface area contributed by atoms with E-state index < -0.39 is 40.8 Å². The van der Waals surface area contributed by atoms with E-state index in [-0.39, 0.29) is 23.4 Å². The molecule has 2 amide bonds. The number of likely N-dealkylation sites (N-methyl/N-ethyl adjacent to an activating group) is 1. The fraction of sp³-hybridized carbons (Fsp3) is 0.333. The normalized spacial score (nSPS) is 11.5. The highest BCUT2D eigenvalue weighted by molar-refractivity contribution is 6.01. The van der Waals surface area contributed by atoms with Gasteiger partial charge in [0.1, 0.15) is 23.4 Å². The predicted molar refractivity (Wildman–Crippen MR) is 124 cm³/mol. The van der Waals surface area contributed by atoms with Crippen LogP contribution in [0.3, 0.4) is 0 Å². The molecule has 0 radical (unpaired) electrons. The number of aromatic nitrogens is 2. The van der Waals surface area contributed by atoms with Crippen LogP contribution >= 0.6 is 0 Å². The Morgan fingerprint density at radius 1 is 1.18 bits per heavy atom. The van der Waals surface area contributed by atoms with E-state index in [9.17, 15) is 29.0 Å². The number of amides is 2. The minimum absolute atomic E-state index is 0.0269. The quantitative estimate of drug-likeness (QED) is 0.480. The number of rotatable bonds is 7. The number of fused-ring (bicyclic) bond motifs is 1. The van der Waals surface area contributed by atoms with Crippen molar-refractivity contribution in [1.82, 2.24) is 19.8 Å². The molecule has 0 unspecified atom stereocenters. The molecular formula is C24H27FN4O5. The van der Waals surface area contributed by atoms with Gasteiger partial charge in [-0.2, -0.15) is 0 Å². The van der Waals surface area contributed by atoms with Gasteiger partial charge in [-0.05, 0) is 49.6 Å². The van der Waals surface area contributed by atoms with Gasteiger partial charge < -0.3 is 20.4 Å². The van der Waals surface area contributed by atoms with E-state index in [0.717, 1.165) is 10.1 Å². The first-order valence-corrected chi connectivity index (χ1v) is 10.6. The van der Waals surface area contributed by atoms with Crippen LogP contribution in [-0.2, 0) is 17.8 Å². The summed E-state index contributed by atoms with van der Waals surface area (Å²) < 4.78 is 14.3. The first-order chi connectivity index (χ1) is 15.9. The fourth-order valence-corrected chi connectivity index (χ4v) is 3.33. The van der Waals surface area contributed by atoms with Crippen LogP contribution in [0, 0.1) is 5.82 Å². The second-order valence-electron chi connectivity index (χ2n) is 8.91. The number of hydrogen-bond acceptors (Lipinski definition) is 6. The number of nitrogens with zero attached hydrogens (tertiary/aromatic N) is 3. The minimum Gasteiger partial charge on any atom is -0.505 e. The Hall–Kier alpha value is -3.79. The number of carbonyl (C=O) groups is 2. The second-order valence-corrected chi connectivity index (χ2v) is 8.91. The maximum Gasteiger partial charge on any atom is 0.268 e. The molecule has 2 aromatic heterocycles. The van der Waals surface area contributed by atoms with E-state index in [4.69, 9.17) is 0 Å². The summed E-state index contributed by atoms with van der Waals surface area (Å²) in [6.07, 6.45) is 1.85. The largest absolute Gasteiger partial charge is 0.505 e. The van der Waals surface area contributed by atoms with Crippen LogP contribution in [0.15, 0.2) is 41.3 Å². The lowest BCUT2D eigenvalue weighted by Gasteiger charge is -2.24. The highest BCUT2D eigenvalue weighted by atomic mass is 19.1. The van der Waals surface area contributed by atoms with Gasteiger partial charge in [-0.25, -0.2) is 4.39 Å². The number of halogens is 1. The molecule has 180 valence electrons. The summed E-state index contributed by atoms with van der Waals surface area (Å²) in [6, 6.07) is 7.52. The van der Waals surface area contributed by atoms with Crippen LogP contribution in [0.5, 0.6) is 5.75 Å². The summed E-state index contributed by atoms with van der Waals surface area (Å²) in [5.41, 5.74) is -0.889. The van der Waals surface area contributed by atoms with Crippen molar-refractivity contribution in [3.8, 4) is 5.75 Å². The van der Waals surface area contributed by atoms with E-state index in [1.165, 1.54) is 37.3 Å². The molecule has 0 aliphatic carbocycles. The third kappa shape index (κ3) is 5.23. The molecule has 3 rings (SSSR count). The van der Waals surface area contributed by atoms with Crippen molar-refractivity contribution >= 4 is 22.8 Å². The third-order valence-corrected chi connectivity index (χ3v) is 5.32. The fourth-order valence-electron chi connectivity index (χ4n) is 3.33. The number of aliphatic hydroxyl groups is 1. The van der Waals surface area contributed by atoms with Crippen LogP contribution in [0.4, 0.5) is 4.39 Å². The molecule has 0 spiro atoms. The van der Waals surface area contributed by atoms with Gasteiger partial charge >= 0.3 is 0 Å². The number of nitrogens with one attached hydrogen (secondary N) is 1. The van der Waals surface area contributed by atoms with Crippen molar-refractivity contribution in [3.63, 3.8) is 0 Å². The number of aromatic hydroxyl groups is 1. The molecule has 3 N–H and O–H groups in total. The standard InChI is InChI=1S/C24H27FN4O5/c1-24(2,13-30)27-22(33)19-21(32)20-17(29(23(19)34)12-18(31)28(3)4)10-15(11-26-20)9-14-5-7-16(25)8-6-14/h5-8,10-11,30,32H,9,12-13H2,1-4H3,(H,27,33). The van der Waals surface area contributed by atoms with Crippen molar-refractivity contribution < 1.29 is 24.2 Å². The van der Waals surface area contributed by atoms with Crippen molar-refractivity contribution in [2.45, 2.75) is 32.4 Å². The Bertz CT molecular complexity index is 1300. The topological polar surface area (TPSA) is 125 Å². The zero-order valence-electron chi connectivity index (χ0n) is 19.4. The average molecular weight is 471 g/mol. The maximum absolute atomic E-state index is 13.3. The molecule has 0 aliphatic rings. The molecule has 0 saturated carbocycles. The molecule has 0 bridgehead atoms. The summed E-state index contributed by atoms with van der Waals surface area (Å²) in [5, 5.41) is 22.8. The summed E-state index contributed by atoms with van der Waals surface area (Å²) in [6.45, 7) is 2.33. The first-order valence-electron chi connectivity index (χ1n) is 10.6. The highest BCUT2D eigenvalue weighted by Gasteiger charge is 2.28. The molecule has 2 heterocycles. The molecule has 0 aliphatic heterocycles. The summed E-state index contributed by atoms with van der Waals surface area (Å²) in [4.78, 5) is 44.2. The molecule has 10 heteroatoms. The van der Waals surface area contributed by atoms with Crippen molar-refractivity contribution in [3.05, 3.63) is 69.4 Å². The molecule has 3 aromatic rings. The Morgan fingerprint density at radius 2 is 1.82 bits per heavy atom. The van der Waals surface area contributed by atoms with E-state index >= 15 is 0 Å². The third-order valence-electron chi connectivity index (χ3n) is 5.32. The molecular weight excluding hydrogens is 443 g/mol. The molecule has 1 aromatic carbocycles. The predicted octanol–water partition coefficient (Wildman–Crippen LogP) is 1.42. The Morgan fingerprint density at radius 3 is 2.41 bits per heavy atom. The molecule has 9 nitrogen and oxygen atoms in total. The summed E-state index contributed by atoms with van der Waals surface area (Å²) in [5.74, 6) is -2.28. The van der Waals surface area contributed by atoms with E-state index in [1.807, 2.05) is 0 Å². The minimum atomic E-state index is -1.05. The van der Waals surface area contributed by atoms with E-state index in [0.29, 0.717) is 12.0 Å². The number of benzene rings is 1. The van der Waals surface area contributed by atoms with Crippen LogP contribution in [0.2, 0.25) is 0 Å². The summed E-state index contributed by atoms with van der Waals surface area (Å²) >= 11 is 0. The van der Waals surface area contributed by atoms with Crippen molar-refractivity contribution in [1.29, 1.82) is 0 Å².